The van der Waals surface area contributed by atoms with Crippen LogP contribution in [-0.4, -0.2) is 30.6 Å². The molecule has 3 unspecified atom stereocenters. The van der Waals surface area contributed by atoms with E-state index >= 15 is 0 Å². The van der Waals surface area contributed by atoms with Crippen LogP contribution in [0.5, 0.6) is 0 Å². The summed E-state index contributed by atoms with van der Waals surface area (Å²) in [7, 11) is 0. The first kappa shape index (κ1) is 14.0. The van der Waals surface area contributed by atoms with E-state index in [4.69, 9.17) is 5.73 Å². The Hall–Kier alpha value is -0.0800. The summed E-state index contributed by atoms with van der Waals surface area (Å²) in [5, 5.41) is 0. The van der Waals surface area contributed by atoms with E-state index < -0.39 is 0 Å². The molecule has 0 aromatic rings. The Morgan fingerprint density at radius 1 is 1.38 bits per heavy atom. The third-order valence-corrected chi connectivity index (χ3v) is 4.27. The molecule has 1 aliphatic rings. The molecule has 1 saturated heterocycles. The molecule has 0 aromatic carbocycles. The third-order valence-electron chi connectivity index (χ3n) is 4.27. The lowest BCUT2D eigenvalue weighted by atomic mass is 9.97. The number of nitrogens with zero attached hydrogens (tertiary/aromatic N) is 1. The highest BCUT2D eigenvalue weighted by Crippen LogP contribution is 2.25. The highest BCUT2D eigenvalue weighted by atomic mass is 15.2. The molecular formula is C14H30N2. The second-order valence-corrected chi connectivity index (χ2v) is 5.48. The highest BCUT2D eigenvalue weighted by Gasteiger charge is 2.30. The Balaban J connectivity index is 2.38. The van der Waals surface area contributed by atoms with Gasteiger partial charge >= 0.3 is 0 Å². The molecule has 2 heteroatoms. The molecule has 1 aliphatic heterocycles. The first-order valence-corrected chi connectivity index (χ1v) is 7.17. The minimum atomic E-state index is 0.649. The average molecular weight is 226 g/mol. The first-order valence-electron chi connectivity index (χ1n) is 7.17. The predicted molar refractivity (Wildman–Crippen MR) is 71.5 cm³/mol. The van der Waals surface area contributed by atoms with Crippen LogP contribution in [0.4, 0.5) is 0 Å². The molecule has 96 valence electrons. The quantitative estimate of drug-likeness (QED) is 0.723. The van der Waals surface area contributed by atoms with E-state index in [-0.39, 0.29) is 0 Å². The van der Waals surface area contributed by atoms with E-state index in [0.29, 0.717) is 6.04 Å². The van der Waals surface area contributed by atoms with Crippen LogP contribution >= 0.6 is 0 Å². The number of hydrogen-bond donors (Lipinski definition) is 1. The lowest BCUT2D eigenvalue weighted by Crippen LogP contribution is -2.40. The summed E-state index contributed by atoms with van der Waals surface area (Å²) < 4.78 is 0. The molecule has 2 N–H and O–H groups in total. The minimum Gasteiger partial charge on any atom is -0.329 e. The summed E-state index contributed by atoms with van der Waals surface area (Å²) in [6.07, 6.45) is 6.77. The third kappa shape index (κ3) is 3.74. The average Bonchev–Trinajstić information content (AvgIpc) is 2.64. The molecule has 0 aliphatic carbocycles. The summed E-state index contributed by atoms with van der Waals surface area (Å²) in [5.41, 5.74) is 5.89. The largest absolute Gasteiger partial charge is 0.329 e. The van der Waals surface area contributed by atoms with Crippen molar-refractivity contribution < 1.29 is 0 Å². The number of hydrogen-bond acceptors (Lipinski definition) is 2. The molecule has 1 heterocycles. The summed E-state index contributed by atoms with van der Waals surface area (Å²) in [4.78, 5) is 2.65. The van der Waals surface area contributed by atoms with Crippen molar-refractivity contribution in [3.8, 4) is 0 Å². The van der Waals surface area contributed by atoms with Crippen LogP contribution in [0.15, 0.2) is 0 Å². The topological polar surface area (TPSA) is 29.3 Å². The Labute approximate surface area is 102 Å². The van der Waals surface area contributed by atoms with Gasteiger partial charge in [0.15, 0.2) is 0 Å². The van der Waals surface area contributed by atoms with Crippen molar-refractivity contribution >= 4 is 0 Å². The summed E-state index contributed by atoms with van der Waals surface area (Å²) >= 11 is 0. The maximum atomic E-state index is 5.89. The number of nitrogens with two attached hydrogens (primary N) is 1. The zero-order chi connectivity index (χ0) is 12.0. The van der Waals surface area contributed by atoms with E-state index in [1.807, 2.05) is 0 Å². The summed E-state index contributed by atoms with van der Waals surface area (Å²) in [5.74, 6) is 1.69. The van der Waals surface area contributed by atoms with Gasteiger partial charge in [0.05, 0.1) is 0 Å². The van der Waals surface area contributed by atoms with Crippen molar-refractivity contribution in [1.29, 1.82) is 0 Å². The lowest BCUT2D eigenvalue weighted by molar-refractivity contribution is 0.192. The van der Waals surface area contributed by atoms with E-state index in [0.717, 1.165) is 18.4 Å². The van der Waals surface area contributed by atoms with Gasteiger partial charge in [0.25, 0.3) is 0 Å². The van der Waals surface area contributed by atoms with Crippen LogP contribution in [-0.2, 0) is 0 Å². The van der Waals surface area contributed by atoms with E-state index in [1.165, 1.54) is 45.2 Å². The molecule has 0 aromatic heterocycles. The normalized spacial score (nSPS) is 28.5. The lowest BCUT2D eigenvalue weighted by Gasteiger charge is -2.29. The predicted octanol–water partition coefficient (Wildman–Crippen LogP) is 2.87. The van der Waals surface area contributed by atoms with Gasteiger partial charge in [0.1, 0.15) is 0 Å². The SMILES string of the molecule is CCCCC(CC)CN1CCC(C)C1CN. The molecule has 0 amide bonds. The van der Waals surface area contributed by atoms with Crippen molar-refractivity contribution in [3.05, 3.63) is 0 Å². The van der Waals surface area contributed by atoms with Crippen LogP contribution in [0.3, 0.4) is 0 Å². The monoisotopic (exact) mass is 226 g/mol. The molecule has 3 atom stereocenters. The van der Waals surface area contributed by atoms with Gasteiger partial charge in [-0.2, -0.15) is 0 Å². The van der Waals surface area contributed by atoms with Crippen molar-refractivity contribution in [2.24, 2.45) is 17.6 Å². The van der Waals surface area contributed by atoms with Crippen LogP contribution in [0.1, 0.15) is 52.9 Å². The Kier molecular flexibility index (Phi) is 6.37. The number of likely N-dealkylation sites (tertiary alicyclic amines) is 1. The standard InChI is InChI=1S/C14H30N2/c1-4-6-7-13(5-2)11-16-9-8-12(3)14(16)10-15/h12-14H,4-11,15H2,1-3H3. The Bertz CT molecular complexity index is 182. The fourth-order valence-electron chi connectivity index (χ4n) is 2.94. The summed E-state index contributed by atoms with van der Waals surface area (Å²) in [6, 6.07) is 0.649. The van der Waals surface area contributed by atoms with E-state index in [2.05, 4.69) is 25.7 Å². The van der Waals surface area contributed by atoms with Crippen molar-refractivity contribution in [1.82, 2.24) is 4.90 Å². The molecule has 0 radical (unpaired) electrons. The minimum absolute atomic E-state index is 0.649. The second-order valence-electron chi connectivity index (χ2n) is 5.48. The zero-order valence-corrected chi connectivity index (χ0v) is 11.4. The van der Waals surface area contributed by atoms with E-state index in [9.17, 15) is 0 Å². The molecular weight excluding hydrogens is 196 g/mol. The Morgan fingerprint density at radius 3 is 2.69 bits per heavy atom. The first-order chi connectivity index (χ1) is 7.72. The number of unbranched alkanes of at least 4 members (excludes halogenated alkanes) is 1. The maximum absolute atomic E-state index is 5.89. The molecule has 16 heavy (non-hydrogen) atoms. The zero-order valence-electron chi connectivity index (χ0n) is 11.4. The highest BCUT2D eigenvalue weighted by molar-refractivity contribution is 4.86. The van der Waals surface area contributed by atoms with Gasteiger partial charge in [-0.25, -0.2) is 0 Å². The van der Waals surface area contributed by atoms with Gasteiger partial charge in [0.2, 0.25) is 0 Å². The molecule has 0 saturated carbocycles. The molecule has 0 bridgehead atoms. The van der Waals surface area contributed by atoms with Gasteiger partial charge in [-0.05, 0) is 31.2 Å². The van der Waals surface area contributed by atoms with Crippen molar-refractivity contribution in [2.45, 2.75) is 58.9 Å². The molecule has 2 nitrogen and oxygen atoms in total. The van der Waals surface area contributed by atoms with Gasteiger partial charge in [-0.15, -0.1) is 0 Å². The summed E-state index contributed by atoms with van der Waals surface area (Å²) in [6.45, 7) is 10.4. The fraction of sp³-hybridized carbons (Fsp3) is 1.00. The van der Waals surface area contributed by atoms with Gasteiger partial charge in [0, 0.05) is 19.1 Å². The fourth-order valence-corrected chi connectivity index (χ4v) is 2.94. The second kappa shape index (κ2) is 7.29. The maximum Gasteiger partial charge on any atom is 0.0244 e. The molecule has 1 rings (SSSR count). The van der Waals surface area contributed by atoms with Crippen LogP contribution < -0.4 is 5.73 Å². The van der Waals surface area contributed by atoms with Crippen molar-refractivity contribution in [3.63, 3.8) is 0 Å². The van der Waals surface area contributed by atoms with Crippen LogP contribution in [0.2, 0.25) is 0 Å². The van der Waals surface area contributed by atoms with Crippen molar-refractivity contribution in [2.75, 3.05) is 19.6 Å². The smallest absolute Gasteiger partial charge is 0.0244 e. The van der Waals surface area contributed by atoms with Gasteiger partial charge in [-0.3, -0.25) is 4.90 Å². The molecule has 1 fully saturated rings. The van der Waals surface area contributed by atoms with E-state index in [1.54, 1.807) is 0 Å². The Morgan fingerprint density at radius 2 is 2.12 bits per heavy atom. The molecule has 0 spiro atoms. The van der Waals surface area contributed by atoms with Crippen LogP contribution in [0, 0.1) is 11.8 Å². The van der Waals surface area contributed by atoms with Crippen LogP contribution in [0.25, 0.3) is 0 Å². The van der Waals surface area contributed by atoms with Gasteiger partial charge < -0.3 is 5.73 Å². The van der Waals surface area contributed by atoms with Gasteiger partial charge in [-0.1, -0.05) is 40.0 Å². The number of rotatable bonds is 7.